The first-order chi connectivity index (χ1) is 9.70. The Balaban J connectivity index is 2.26. The molecule has 1 aromatic carbocycles. The summed E-state index contributed by atoms with van der Waals surface area (Å²) in [5, 5.41) is 0. The Morgan fingerprint density at radius 2 is 1.81 bits per heavy atom. The molecule has 0 aliphatic carbocycles. The van der Waals surface area contributed by atoms with E-state index in [0.29, 0.717) is 12.0 Å². The predicted octanol–water partition coefficient (Wildman–Crippen LogP) is 4.47. The van der Waals surface area contributed by atoms with Gasteiger partial charge in [-0.1, -0.05) is 18.2 Å². The molecule has 0 bridgehead atoms. The van der Waals surface area contributed by atoms with Crippen molar-refractivity contribution >= 4 is 0 Å². The Labute approximate surface area is 121 Å². The van der Waals surface area contributed by atoms with Crippen molar-refractivity contribution in [2.24, 2.45) is 5.73 Å². The third-order valence-electron chi connectivity index (χ3n) is 3.70. The third kappa shape index (κ3) is 3.29. The molecule has 0 radical (unpaired) electrons. The maximum atomic E-state index is 12.7. The van der Waals surface area contributed by atoms with Gasteiger partial charge in [-0.2, -0.15) is 13.2 Å². The molecule has 0 amide bonds. The van der Waals surface area contributed by atoms with Crippen LogP contribution in [0.25, 0.3) is 0 Å². The summed E-state index contributed by atoms with van der Waals surface area (Å²) in [7, 11) is 0. The number of halogens is 3. The van der Waals surface area contributed by atoms with E-state index < -0.39 is 11.7 Å². The van der Waals surface area contributed by atoms with Crippen LogP contribution in [0.3, 0.4) is 0 Å². The normalized spacial score (nSPS) is 13.5. The highest BCUT2D eigenvalue weighted by Gasteiger charge is 2.30. The molecule has 0 aliphatic heterocycles. The number of hydrogen-bond donors (Lipinski definition) is 1. The van der Waals surface area contributed by atoms with Crippen molar-refractivity contribution in [3.05, 3.63) is 58.0 Å². The Kier molecular flexibility index (Phi) is 4.14. The van der Waals surface area contributed by atoms with Gasteiger partial charge in [-0.15, -0.1) is 0 Å². The zero-order valence-corrected chi connectivity index (χ0v) is 12.2. The lowest BCUT2D eigenvalue weighted by Crippen LogP contribution is -2.15. The Hall–Kier alpha value is -1.75. The Morgan fingerprint density at radius 1 is 1.14 bits per heavy atom. The van der Waals surface area contributed by atoms with Crippen LogP contribution in [0.4, 0.5) is 13.2 Å². The van der Waals surface area contributed by atoms with Gasteiger partial charge in [-0.3, -0.25) is 0 Å². The van der Waals surface area contributed by atoms with Crippen molar-refractivity contribution in [3.63, 3.8) is 0 Å². The summed E-state index contributed by atoms with van der Waals surface area (Å²) in [6.07, 6.45) is -4.00. The SMILES string of the molecule is Cc1oc(C)c(C(N)Cc2cccc(C(F)(F)F)c2)c1C. The summed E-state index contributed by atoms with van der Waals surface area (Å²) in [6.45, 7) is 5.58. The van der Waals surface area contributed by atoms with Crippen molar-refractivity contribution in [3.8, 4) is 0 Å². The lowest BCUT2D eigenvalue weighted by molar-refractivity contribution is -0.137. The van der Waals surface area contributed by atoms with E-state index >= 15 is 0 Å². The van der Waals surface area contributed by atoms with Crippen LogP contribution in [0, 0.1) is 20.8 Å². The van der Waals surface area contributed by atoms with Crippen molar-refractivity contribution < 1.29 is 17.6 Å². The standard InChI is InChI=1S/C16H18F3NO/c1-9-10(2)21-11(3)15(9)14(20)8-12-5-4-6-13(7-12)16(17,18)19/h4-7,14H,8,20H2,1-3H3. The molecule has 1 aromatic heterocycles. The van der Waals surface area contributed by atoms with E-state index in [1.54, 1.807) is 6.07 Å². The van der Waals surface area contributed by atoms with E-state index in [1.165, 1.54) is 6.07 Å². The van der Waals surface area contributed by atoms with Crippen LogP contribution in [0.15, 0.2) is 28.7 Å². The third-order valence-corrected chi connectivity index (χ3v) is 3.70. The van der Waals surface area contributed by atoms with Gasteiger partial charge >= 0.3 is 6.18 Å². The van der Waals surface area contributed by atoms with Crippen LogP contribution in [0.5, 0.6) is 0 Å². The molecule has 2 nitrogen and oxygen atoms in total. The molecule has 0 saturated carbocycles. The number of furan rings is 1. The first-order valence-electron chi connectivity index (χ1n) is 6.68. The quantitative estimate of drug-likeness (QED) is 0.908. The van der Waals surface area contributed by atoms with Gasteiger partial charge in [-0.05, 0) is 44.4 Å². The van der Waals surface area contributed by atoms with Gasteiger partial charge in [0.15, 0.2) is 0 Å². The molecule has 2 rings (SSSR count). The molecule has 0 spiro atoms. The van der Waals surface area contributed by atoms with Gasteiger partial charge in [0.25, 0.3) is 0 Å². The van der Waals surface area contributed by atoms with E-state index in [0.717, 1.165) is 34.8 Å². The van der Waals surface area contributed by atoms with Crippen LogP contribution in [0.1, 0.15) is 39.8 Å². The fourth-order valence-corrected chi connectivity index (χ4v) is 2.58. The van der Waals surface area contributed by atoms with Crippen LogP contribution in [-0.2, 0) is 12.6 Å². The molecule has 1 heterocycles. The van der Waals surface area contributed by atoms with Gasteiger partial charge in [0.2, 0.25) is 0 Å². The summed E-state index contributed by atoms with van der Waals surface area (Å²) in [4.78, 5) is 0. The van der Waals surface area contributed by atoms with Crippen LogP contribution in [-0.4, -0.2) is 0 Å². The molecule has 1 atom stereocenters. The van der Waals surface area contributed by atoms with Crippen molar-refractivity contribution in [2.45, 2.75) is 39.4 Å². The van der Waals surface area contributed by atoms with Gasteiger partial charge in [0, 0.05) is 11.6 Å². The van der Waals surface area contributed by atoms with Crippen molar-refractivity contribution in [1.29, 1.82) is 0 Å². The number of aryl methyl sites for hydroxylation is 2. The zero-order chi connectivity index (χ0) is 15.8. The fourth-order valence-electron chi connectivity index (χ4n) is 2.58. The van der Waals surface area contributed by atoms with Crippen LogP contribution < -0.4 is 5.73 Å². The number of hydrogen-bond acceptors (Lipinski definition) is 2. The van der Waals surface area contributed by atoms with E-state index in [9.17, 15) is 13.2 Å². The minimum absolute atomic E-state index is 0.338. The molecular weight excluding hydrogens is 279 g/mol. The first-order valence-corrected chi connectivity index (χ1v) is 6.68. The number of rotatable bonds is 3. The van der Waals surface area contributed by atoms with E-state index in [1.807, 2.05) is 20.8 Å². The molecule has 1 unspecified atom stereocenters. The van der Waals surface area contributed by atoms with Crippen molar-refractivity contribution in [2.75, 3.05) is 0 Å². The summed E-state index contributed by atoms with van der Waals surface area (Å²) in [5.74, 6) is 1.52. The maximum absolute atomic E-state index is 12.7. The van der Waals surface area contributed by atoms with Gasteiger partial charge in [-0.25, -0.2) is 0 Å². The minimum atomic E-state index is -4.34. The lowest BCUT2D eigenvalue weighted by Gasteiger charge is -2.14. The number of benzene rings is 1. The maximum Gasteiger partial charge on any atom is 0.416 e. The summed E-state index contributed by atoms with van der Waals surface area (Å²) in [5.41, 5.74) is 7.92. The zero-order valence-electron chi connectivity index (χ0n) is 12.2. The smallest absolute Gasteiger partial charge is 0.416 e. The molecule has 0 saturated heterocycles. The molecule has 2 aromatic rings. The topological polar surface area (TPSA) is 39.2 Å². The monoisotopic (exact) mass is 297 g/mol. The molecule has 5 heteroatoms. The molecule has 2 N–H and O–H groups in total. The number of nitrogens with two attached hydrogens (primary N) is 1. The van der Waals surface area contributed by atoms with Gasteiger partial charge < -0.3 is 10.2 Å². The fraction of sp³-hybridized carbons (Fsp3) is 0.375. The van der Waals surface area contributed by atoms with Crippen molar-refractivity contribution in [1.82, 2.24) is 0 Å². The Morgan fingerprint density at radius 3 is 2.33 bits per heavy atom. The van der Waals surface area contributed by atoms with E-state index in [-0.39, 0.29) is 6.04 Å². The van der Waals surface area contributed by atoms with E-state index in [4.69, 9.17) is 10.2 Å². The Bertz CT molecular complexity index is 643. The summed E-state index contributed by atoms with van der Waals surface area (Å²) >= 11 is 0. The molecule has 114 valence electrons. The molecule has 21 heavy (non-hydrogen) atoms. The minimum Gasteiger partial charge on any atom is -0.466 e. The lowest BCUT2D eigenvalue weighted by atomic mass is 9.96. The second-order valence-electron chi connectivity index (χ2n) is 5.26. The second kappa shape index (κ2) is 5.56. The van der Waals surface area contributed by atoms with Gasteiger partial charge in [0.05, 0.1) is 5.56 Å². The highest BCUT2D eigenvalue weighted by Crippen LogP contribution is 2.31. The number of alkyl halides is 3. The average molecular weight is 297 g/mol. The largest absolute Gasteiger partial charge is 0.466 e. The summed E-state index contributed by atoms with van der Waals surface area (Å²) < 4.78 is 43.7. The first kappa shape index (κ1) is 15.6. The highest BCUT2D eigenvalue weighted by molar-refractivity contribution is 5.36. The molecule has 0 fully saturated rings. The molecule has 0 aliphatic rings. The van der Waals surface area contributed by atoms with E-state index in [2.05, 4.69) is 0 Å². The highest BCUT2D eigenvalue weighted by atomic mass is 19.4. The average Bonchev–Trinajstić information content (AvgIpc) is 2.62. The second-order valence-corrected chi connectivity index (χ2v) is 5.26. The summed E-state index contributed by atoms with van der Waals surface area (Å²) in [6, 6.07) is 4.90. The van der Waals surface area contributed by atoms with Crippen LogP contribution in [0.2, 0.25) is 0 Å². The van der Waals surface area contributed by atoms with Gasteiger partial charge in [0.1, 0.15) is 11.5 Å². The van der Waals surface area contributed by atoms with Crippen LogP contribution >= 0.6 is 0 Å². The molecular formula is C16H18F3NO. The predicted molar refractivity (Wildman–Crippen MR) is 75.0 cm³/mol.